The first-order chi connectivity index (χ1) is 11.0. The van der Waals surface area contributed by atoms with Gasteiger partial charge in [0.25, 0.3) is 0 Å². The van der Waals surface area contributed by atoms with Gasteiger partial charge in [-0.25, -0.2) is 0 Å². The van der Waals surface area contributed by atoms with E-state index in [1.807, 2.05) is 24.4 Å². The normalized spacial score (nSPS) is 19.7. The number of hydrogen-bond donors (Lipinski definition) is 0. The average Bonchev–Trinajstić information content (AvgIpc) is 2.54. The molecule has 0 fully saturated rings. The van der Waals surface area contributed by atoms with Gasteiger partial charge in [0, 0.05) is 6.21 Å². The van der Waals surface area contributed by atoms with Crippen LogP contribution in [-0.4, -0.2) is 11.8 Å². The van der Waals surface area contributed by atoms with E-state index in [0.717, 1.165) is 16.6 Å². The third-order valence-electron chi connectivity index (χ3n) is 4.72. The van der Waals surface area contributed by atoms with E-state index in [2.05, 4.69) is 61.0 Å². The molecule has 0 saturated heterocycles. The molecule has 2 aromatic carbocycles. The van der Waals surface area contributed by atoms with Crippen molar-refractivity contribution < 1.29 is 4.74 Å². The van der Waals surface area contributed by atoms with Gasteiger partial charge in [0.1, 0.15) is 12.4 Å². The molecule has 2 aromatic rings. The Morgan fingerprint density at radius 1 is 1.22 bits per heavy atom. The minimum Gasteiger partial charge on any atom is -0.488 e. The number of nitrogens with zero attached hydrogens (tertiary/aromatic N) is 1. The SMILES string of the molecule is CC(C)C1(C)Cc2cc(OCc3ccccc3)c(Br)cc2C=N1. The molecule has 120 valence electrons. The molecule has 0 amide bonds. The summed E-state index contributed by atoms with van der Waals surface area (Å²) in [5.41, 5.74) is 3.63. The average molecular weight is 372 g/mol. The van der Waals surface area contributed by atoms with Crippen molar-refractivity contribution in [2.75, 3.05) is 0 Å². The molecule has 1 aliphatic heterocycles. The van der Waals surface area contributed by atoms with Crippen LogP contribution in [0.1, 0.15) is 37.5 Å². The molecule has 0 spiro atoms. The van der Waals surface area contributed by atoms with Crippen molar-refractivity contribution in [2.24, 2.45) is 10.9 Å². The fourth-order valence-corrected chi connectivity index (χ4v) is 3.21. The molecular weight excluding hydrogens is 350 g/mol. The monoisotopic (exact) mass is 371 g/mol. The number of fused-ring (bicyclic) bond motifs is 1. The fourth-order valence-electron chi connectivity index (χ4n) is 2.73. The van der Waals surface area contributed by atoms with Crippen molar-refractivity contribution in [2.45, 2.75) is 39.3 Å². The third-order valence-corrected chi connectivity index (χ3v) is 5.34. The minimum atomic E-state index is -0.0302. The van der Waals surface area contributed by atoms with E-state index in [4.69, 9.17) is 9.73 Å². The highest BCUT2D eigenvalue weighted by molar-refractivity contribution is 9.10. The number of ether oxygens (including phenoxy) is 1. The van der Waals surface area contributed by atoms with Crippen molar-refractivity contribution in [1.82, 2.24) is 0 Å². The van der Waals surface area contributed by atoms with Crippen molar-refractivity contribution in [3.63, 3.8) is 0 Å². The van der Waals surface area contributed by atoms with Gasteiger partial charge in [-0.2, -0.15) is 0 Å². The summed E-state index contributed by atoms with van der Waals surface area (Å²) in [6.45, 7) is 7.26. The first-order valence-electron chi connectivity index (χ1n) is 8.02. The summed E-state index contributed by atoms with van der Waals surface area (Å²) in [5, 5.41) is 0. The molecule has 1 heterocycles. The van der Waals surface area contributed by atoms with Crippen LogP contribution in [0.5, 0.6) is 5.75 Å². The number of aliphatic imine (C=N–C) groups is 1. The number of halogens is 1. The largest absolute Gasteiger partial charge is 0.488 e. The van der Waals surface area contributed by atoms with Gasteiger partial charge in [0.05, 0.1) is 10.0 Å². The van der Waals surface area contributed by atoms with Crippen molar-refractivity contribution >= 4 is 22.1 Å². The Balaban J connectivity index is 1.83. The van der Waals surface area contributed by atoms with Gasteiger partial charge in [-0.15, -0.1) is 0 Å². The first-order valence-corrected chi connectivity index (χ1v) is 8.81. The van der Waals surface area contributed by atoms with E-state index < -0.39 is 0 Å². The quantitative estimate of drug-likeness (QED) is 0.703. The molecule has 0 radical (unpaired) electrons. The van der Waals surface area contributed by atoms with E-state index in [-0.39, 0.29) is 5.54 Å². The molecule has 0 saturated carbocycles. The van der Waals surface area contributed by atoms with Crippen molar-refractivity contribution in [1.29, 1.82) is 0 Å². The summed E-state index contributed by atoms with van der Waals surface area (Å²) in [6, 6.07) is 14.5. The molecule has 2 nitrogen and oxygen atoms in total. The molecule has 1 atom stereocenters. The lowest BCUT2D eigenvalue weighted by molar-refractivity contribution is 0.302. The van der Waals surface area contributed by atoms with Crippen LogP contribution in [-0.2, 0) is 13.0 Å². The topological polar surface area (TPSA) is 21.6 Å². The second kappa shape index (κ2) is 6.48. The maximum absolute atomic E-state index is 6.03. The van der Waals surface area contributed by atoms with E-state index >= 15 is 0 Å². The van der Waals surface area contributed by atoms with E-state index in [1.165, 1.54) is 16.7 Å². The van der Waals surface area contributed by atoms with Gasteiger partial charge in [-0.05, 0) is 64.0 Å². The second-order valence-electron chi connectivity index (χ2n) is 6.70. The Morgan fingerprint density at radius 2 is 1.96 bits per heavy atom. The summed E-state index contributed by atoms with van der Waals surface area (Å²) >= 11 is 3.62. The standard InChI is InChI=1S/C20H22BrNO/c1-14(2)20(3)11-16-10-19(18(21)9-17(16)12-22-20)23-13-15-7-5-4-6-8-15/h4-10,12,14H,11,13H2,1-3H3. The zero-order valence-corrected chi connectivity index (χ0v) is 15.4. The van der Waals surface area contributed by atoms with Gasteiger partial charge in [-0.1, -0.05) is 44.2 Å². The fraction of sp³-hybridized carbons (Fsp3) is 0.350. The van der Waals surface area contributed by atoms with Crippen LogP contribution in [0.2, 0.25) is 0 Å². The third kappa shape index (κ3) is 3.50. The zero-order valence-electron chi connectivity index (χ0n) is 13.8. The summed E-state index contributed by atoms with van der Waals surface area (Å²) in [5.74, 6) is 1.40. The Kier molecular flexibility index (Phi) is 4.58. The van der Waals surface area contributed by atoms with Gasteiger partial charge in [0.2, 0.25) is 0 Å². The molecule has 0 N–H and O–H groups in total. The van der Waals surface area contributed by atoms with Crippen LogP contribution in [0.4, 0.5) is 0 Å². The zero-order chi connectivity index (χ0) is 16.4. The number of benzene rings is 2. The predicted octanol–water partition coefficient (Wildman–Crippen LogP) is 5.42. The molecule has 3 heteroatoms. The summed E-state index contributed by atoms with van der Waals surface area (Å²) in [7, 11) is 0. The smallest absolute Gasteiger partial charge is 0.134 e. The molecule has 23 heavy (non-hydrogen) atoms. The van der Waals surface area contributed by atoms with E-state index in [9.17, 15) is 0 Å². The minimum absolute atomic E-state index is 0.0302. The van der Waals surface area contributed by atoms with Crippen LogP contribution in [0.25, 0.3) is 0 Å². The highest BCUT2D eigenvalue weighted by Gasteiger charge is 2.31. The maximum Gasteiger partial charge on any atom is 0.134 e. The van der Waals surface area contributed by atoms with Gasteiger partial charge < -0.3 is 4.74 Å². The Bertz CT molecular complexity index is 724. The van der Waals surface area contributed by atoms with E-state index in [1.54, 1.807) is 0 Å². The molecule has 0 aromatic heterocycles. The van der Waals surface area contributed by atoms with Gasteiger partial charge in [-0.3, -0.25) is 4.99 Å². The summed E-state index contributed by atoms with van der Waals surface area (Å²) < 4.78 is 7.00. The van der Waals surface area contributed by atoms with Gasteiger partial charge >= 0.3 is 0 Å². The van der Waals surface area contributed by atoms with Crippen LogP contribution >= 0.6 is 15.9 Å². The Morgan fingerprint density at radius 3 is 2.65 bits per heavy atom. The van der Waals surface area contributed by atoms with Crippen LogP contribution < -0.4 is 4.74 Å². The predicted molar refractivity (Wildman–Crippen MR) is 99.5 cm³/mol. The van der Waals surface area contributed by atoms with Crippen LogP contribution in [0, 0.1) is 5.92 Å². The van der Waals surface area contributed by atoms with Crippen molar-refractivity contribution in [3.8, 4) is 5.75 Å². The highest BCUT2D eigenvalue weighted by atomic mass is 79.9. The van der Waals surface area contributed by atoms with Gasteiger partial charge in [0.15, 0.2) is 0 Å². The molecule has 3 rings (SSSR count). The molecule has 0 bridgehead atoms. The Labute approximate surface area is 146 Å². The maximum atomic E-state index is 6.03. The summed E-state index contributed by atoms with van der Waals surface area (Å²) in [6.07, 6.45) is 2.95. The molecule has 1 unspecified atom stereocenters. The molecular formula is C20H22BrNO. The molecule has 1 aliphatic rings. The lowest BCUT2D eigenvalue weighted by Gasteiger charge is -2.33. The number of hydrogen-bond acceptors (Lipinski definition) is 2. The second-order valence-corrected chi connectivity index (χ2v) is 7.56. The summed E-state index contributed by atoms with van der Waals surface area (Å²) in [4.78, 5) is 4.78. The van der Waals surface area contributed by atoms with Crippen LogP contribution in [0.3, 0.4) is 0 Å². The Hall–Kier alpha value is -1.61. The van der Waals surface area contributed by atoms with Crippen molar-refractivity contribution in [3.05, 3.63) is 63.6 Å². The molecule has 0 aliphatic carbocycles. The number of rotatable bonds is 4. The lowest BCUT2D eigenvalue weighted by atomic mass is 9.80. The lowest BCUT2D eigenvalue weighted by Crippen LogP contribution is -2.34. The van der Waals surface area contributed by atoms with Crippen LogP contribution in [0.15, 0.2) is 51.9 Å². The van der Waals surface area contributed by atoms with E-state index in [0.29, 0.717) is 12.5 Å². The first kappa shape index (κ1) is 16.3. The highest BCUT2D eigenvalue weighted by Crippen LogP contribution is 2.36.